The molecule has 0 bridgehead atoms. The van der Waals surface area contributed by atoms with Gasteiger partial charge in [-0.1, -0.05) is 31.9 Å². The summed E-state index contributed by atoms with van der Waals surface area (Å²) in [5, 5.41) is 1.01. The first kappa shape index (κ1) is 19.6. The largest absolute Gasteiger partial charge is 0.494 e. The van der Waals surface area contributed by atoms with Crippen LogP contribution in [0.5, 0.6) is 5.75 Å². The number of halogens is 3. The molecule has 1 N–H and O–H groups in total. The summed E-state index contributed by atoms with van der Waals surface area (Å²) >= 11 is 0. The Morgan fingerprint density at radius 3 is 2.36 bits per heavy atom. The number of carbonyl (C=O) groups excluding carboxylic acids is 1. The molecule has 1 aromatic carbocycles. The van der Waals surface area contributed by atoms with Crippen LogP contribution in [0.25, 0.3) is 0 Å². The number of unbranched alkanes of at least 4 members (excludes halogenated alkanes) is 2. The molecule has 1 heterocycles. The highest BCUT2D eigenvalue weighted by Crippen LogP contribution is 2.42. The van der Waals surface area contributed by atoms with E-state index in [0.29, 0.717) is 12.4 Å². The predicted molar refractivity (Wildman–Crippen MR) is 88.9 cm³/mol. The molecule has 1 aliphatic rings. The summed E-state index contributed by atoms with van der Waals surface area (Å²) in [5.74, 6) is 0.139. The van der Waals surface area contributed by atoms with E-state index < -0.39 is 23.7 Å². The number of hydrazine groups is 1. The molecule has 1 amide bonds. The Morgan fingerprint density at radius 1 is 1.24 bits per heavy atom. The van der Waals surface area contributed by atoms with Crippen LogP contribution in [0.4, 0.5) is 13.2 Å². The second-order valence-corrected chi connectivity index (χ2v) is 6.96. The topological polar surface area (TPSA) is 41.6 Å². The van der Waals surface area contributed by atoms with Crippen molar-refractivity contribution in [3.05, 3.63) is 29.8 Å². The van der Waals surface area contributed by atoms with Gasteiger partial charge in [0, 0.05) is 12.0 Å². The van der Waals surface area contributed by atoms with Gasteiger partial charge < -0.3 is 4.74 Å². The van der Waals surface area contributed by atoms with Gasteiger partial charge in [0.2, 0.25) is 5.91 Å². The second kappa shape index (κ2) is 7.64. The van der Waals surface area contributed by atoms with Gasteiger partial charge in [-0.05, 0) is 38.0 Å². The molecule has 140 valence electrons. The summed E-state index contributed by atoms with van der Waals surface area (Å²) in [5.41, 5.74) is 1.50. The Bertz CT molecular complexity index is 585. The number of benzene rings is 1. The van der Waals surface area contributed by atoms with Crippen LogP contribution in [0.2, 0.25) is 0 Å². The first-order valence-electron chi connectivity index (χ1n) is 8.53. The Morgan fingerprint density at radius 2 is 1.88 bits per heavy atom. The van der Waals surface area contributed by atoms with Crippen molar-refractivity contribution >= 4 is 5.91 Å². The van der Waals surface area contributed by atoms with Gasteiger partial charge in [0.05, 0.1) is 6.61 Å². The Labute approximate surface area is 146 Å². The molecule has 1 atom stereocenters. The third kappa shape index (κ3) is 4.87. The van der Waals surface area contributed by atoms with Crippen molar-refractivity contribution in [1.82, 2.24) is 10.4 Å². The van der Waals surface area contributed by atoms with Crippen molar-refractivity contribution in [3.63, 3.8) is 0 Å². The predicted octanol–water partition coefficient (Wildman–Crippen LogP) is 4.37. The van der Waals surface area contributed by atoms with E-state index >= 15 is 0 Å². The molecule has 2 rings (SSSR count). The minimum atomic E-state index is -4.52. The number of amides is 1. The van der Waals surface area contributed by atoms with Gasteiger partial charge in [0.25, 0.3) is 0 Å². The van der Waals surface area contributed by atoms with E-state index in [1.54, 1.807) is 26.0 Å². The molecule has 0 spiro atoms. The summed E-state index contributed by atoms with van der Waals surface area (Å²) in [6, 6.07) is 4.01. The molecule has 1 saturated heterocycles. The zero-order chi connectivity index (χ0) is 18.7. The lowest BCUT2D eigenvalue weighted by Crippen LogP contribution is -2.51. The summed E-state index contributed by atoms with van der Waals surface area (Å²) in [4.78, 5) is 11.6. The highest BCUT2D eigenvalue weighted by atomic mass is 19.4. The van der Waals surface area contributed by atoms with Crippen molar-refractivity contribution in [3.8, 4) is 5.75 Å². The first-order valence-corrected chi connectivity index (χ1v) is 8.53. The maximum Gasteiger partial charge on any atom is 0.409 e. The molecule has 25 heavy (non-hydrogen) atoms. The third-order valence-corrected chi connectivity index (χ3v) is 4.27. The molecule has 7 heteroatoms. The monoisotopic (exact) mass is 358 g/mol. The van der Waals surface area contributed by atoms with Crippen LogP contribution in [-0.4, -0.2) is 29.2 Å². The summed E-state index contributed by atoms with van der Waals surface area (Å²) in [6.45, 7) is 5.87. The van der Waals surface area contributed by atoms with Gasteiger partial charge in [0.1, 0.15) is 5.75 Å². The first-order chi connectivity index (χ1) is 11.6. The fourth-order valence-corrected chi connectivity index (χ4v) is 2.99. The standard InChI is InChI=1S/C18H25F3N2O2/c1-4-5-6-11-25-14-9-7-13(8-10-14)16(18(19,20)21)23-17(2,3)12-15(24)22-23/h7-10,16H,4-6,11-12H2,1-3H3,(H,22,24). The van der Waals surface area contributed by atoms with E-state index in [0.717, 1.165) is 24.3 Å². The number of carbonyl (C=O) groups is 1. The Balaban J connectivity index is 2.18. The highest BCUT2D eigenvalue weighted by molar-refractivity contribution is 5.79. The zero-order valence-corrected chi connectivity index (χ0v) is 14.8. The van der Waals surface area contributed by atoms with Crippen LogP contribution in [0, 0.1) is 0 Å². The van der Waals surface area contributed by atoms with Crippen molar-refractivity contribution in [2.24, 2.45) is 0 Å². The van der Waals surface area contributed by atoms with Crippen molar-refractivity contribution < 1.29 is 22.7 Å². The molecule has 1 aliphatic heterocycles. The highest BCUT2D eigenvalue weighted by Gasteiger charge is 2.52. The molecular formula is C18H25F3N2O2. The van der Waals surface area contributed by atoms with Gasteiger partial charge in [-0.3, -0.25) is 10.2 Å². The zero-order valence-electron chi connectivity index (χ0n) is 14.8. The third-order valence-electron chi connectivity index (χ3n) is 4.27. The van der Waals surface area contributed by atoms with Crippen LogP contribution in [0.3, 0.4) is 0 Å². The van der Waals surface area contributed by atoms with Gasteiger partial charge in [0.15, 0.2) is 6.04 Å². The summed E-state index contributed by atoms with van der Waals surface area (Å²) in [6.07, 6.45) is -1.45. The number of alkyl halides is 3. The maximum atomic E-state index is 13.7. The molecule has 0 radical (unpaired) electrons. The van der Waals surface area contributed by atoms with Gasteiger partial charge in [-0.2, -0.15) is 18.2 Å². The average molecular weight is 358 g/mol. The lowest BCUT2D eigenvalue weighted by atomic mass is 9.97. The minimum Gasteiger partial charge on any atom is -0.494 e. The second-order valence-electron chi connectivity index (χ2n) is 6.96. The fourth-order valence-electron chi connectivity index (χ4n) is 2.99. The van der Waals surface area contributed by atoms with Crippen LogP contribution in [0.1, 0.15) is 58.1 Å². The Hall–Kier alpha value is -1.76. The molecule has 4 nitrogen and oxygen atoms in total. The van der Waals surface area contributed by atoms with E-state index in [1.165, 1.54) is 12.1 Å². The fraction of sp³-hybridized carbons (Fsp3) is 0.611. The van der Waals surface area contributed by atoms with Crippen LogP contribution in [-0.2, 0) is 4.79 Å². The lowest BCUT2D eigenvalue weighted by Gasteiger charge is -2.37. The minimum absolute atomic E-state index is 0.0260. The van der Waals surface area contributed by atoms with Gasteiger partial charge in [-0.25, -0.2) is 0 Å². The average Bonchev–Trinajstić information content (AvgIpc) is 2.76. The number of rotatable bonds is 7. The summed E-state index contributed by atoms with van der Waals surface area (Å²) in [7, 11) is 0. The smallest absolute Gasteiger partial charge is 0.409 e. The quantitative estimate of drug-likeness (QED) is 0.736. The van der Waals surface area contributed by atoms with Gasteiger partial charge >= 0.3 is 6.18 Å². The molecule has 0 aliphatic carbocycles. The van der Waals surface area contributed by atoms with Crippen molar-refractivity contribution in [1.29, 1.82) is 0 Å². The van der Waals surface area contributed by atoms with E-state index in [-0.39, 0.29) is 12.0 Å². The maximum absolute atomic E-state index is 13.7. The van der Waals surface area contributed by atoms with E-state index in [1.807, 2.05) is 0 Å². The van der Waals surface area contributed by atoms with Crippen molar-refractivity contribution in [2.45, 2.75) is 64.2 Å². The SMILES string of the molecule is CCCCCOc1ccc(C(N2NC(=O)CC2(C)C)C(F)(F)F)cc1. The molecule has 0 aromatic heterocycles. The van der Waals surface area contributed by atoms with Crippen LogP contribution >= 0.6 is 0 Å². The van der Waals surface area contributed by atoms with Crippen molar-refractivity contribution in [2.75, 3.05) is 6.61 Å². The molecule has 1 fully saturated rings. The number of ether oxygens (including phenoxy) is 1. The Kier molecular flexibility index (Phi) is 5.98. The number of nitrogens with one attached hydrogen (secondary N) is 1. The molecule has 0 saturated carbocycles. The van der Waals surface area contributed by atoms with E-state index in [9.17, 15) is 18.0 Å². The molecule has 1 unspecified atom stereocenters. The van der Waals surface area contributed by atoms with E-state index in [4.69, 9.17) is 4.74 Å². The number of hydrogen-bond donors (Lipinski definition) is 1. The molecular weight excluding hydrogens is 333 g/mol. The number of nitrogens with zero attached hydrogens (tertiary/aromatic N) is 1. The lowest BCUT2D eigenvalue weighted by molar-refractivity contribution is -0.203. The number of hydrogen-bond acceptors (Lipinski definition) is 3. The molecule has 1 aromatic rings. The van der Waals surface area contributed by atoms with Crippen LogP contribution in [0.15, 0.2) is 24.3 Å². The summed E-state index contributed by atoms with van der Waals surface area (Å²) < 4.78 is 46.6. The normalized spacial score (nSPS) is 18.9. The van der Waals surface area contributed by atoms with Gasteiger partial charge in [-0.15, -0.1) is 0 Å². The van der Waals surface area contributed by atoms with Crippen LogP contribution < -0.4 is 10.2 Å². The van der Waals surface area contributed by atoms with E-state index in [2.05, 4.69) is 12.3 Å².